The van der Waals surface area contributed by atoms with Crippen molar-refractivity contribution in [2.45, 2.75) is 57.6 Å². The normalized spacial score (nSPS) is 18.7. The Labute approximate surface area is 174 Å². The molecule has 7 heteroatoms. The van der Waals surface area contributed by atoms with E-state index in [-0.39, 0.29) is 0 Å². The standard InChI is InChI=1S/C22H36N4O3/c1-23-22(25-10-4-12-28-17-18-8-13-27-14-9-18)26-16-19-7-11-24-21(15-19)29-20-5-2-3-6-20/h7,11,15,18,20H,2-6,8-10,12-14,16-17H2,1H3,(H2,23,25,26). The quantitative estimate of drug-likeness (QED) is 0.355. The predicted molar refractivity (Wildman–Crippen MR) is 114 cm³/mol. The van der Waals surface area contributed by atoms with Crippen LogP contribution in [0, 0.1) is 5.92 Å². The molecule has 1 saturated carbocycles. The molecule has 162 valence electrons. The van der Waals surface area contributed by atoms with Gasteiger partial charge in [0.05, 0.1) is 0 Å². The van der Waals surface area contributed by atoms with Gasteiger partial charge in [-0.05, 0) is 62.5 Å². The summed E-state index contributed by atoms with van der Waals surface area (Å²) in [5.74, 6) is 2.18. The van der Waals surface area contributed by atoms with Gasteiger partial charge in [-0.2, -0.15) is 0 Å². The Bertz CT molecular complexity index is 614. The number of nitrogens with zero attached hydrogens (tertiary/aromatic N) is 2. The van der Waals surface area contributed by atoms with E-state index in [9.17, 15) is 0 Å². The van der Waals surface area contributed by atoms with Gasteiger partial charge in [0.2, 0.25) is 5.88 Å². The Balaban J connectivity index is 1.28. The molecule has 7 nitrogen and oxygen atoms in total. The van der Waals surface area contributed by atoms with Crippen molar-refractivity contribution in [3.63, 3.8) is 0 Å². The van der Waals surface area contributed by atoms with E-state index >= 15 is 0 Å². The molecule has 1 saturated heterocycles. The Morgan fingerprint density at radius 3 is 2.83 bits per heavy atom. The van der Waals surface area contributed by atoms with Crippen molar-refractivity contribution in [3.05, 3.63) is 23.9 Å². The molecule has 0 bridgehead atoms. The zero-order valence-corrected chi connectivity index (χ0v) is 17.7. The molecule has 1 aromatic rings. The summed E-state index contributed by atoms with van der Waals surface area (Å²) in [6.07, 6.45) is 10.1. The van der Waals surface area contributed by atoms with Gasteiger partial charge in [0.25, 0.3) is 0 Å². The molecule has 3 rings (SSSR count). The Kier molecular flexibility index (Phi) is 9.53. The van der Waals surface area contributed by atoms with Crippen LogP contribution in [0.25, 0.3) is 0 Å². The van der Waals surface area contributed by atoms with Crippen molar-refractivity contribution >= 4 is 5.96 Å². The van der Waals surface area contributed by atoms with E-state index in [1.54, 1.807) is 7.05 Å². The highest BCUT2D eigenvalue weighted by Crippen LogP contribution is 2.23. The van der Waals surface area contributed by atoms with Gasteiger partial charge in [0.1, 0.15) is 6.10 Å². The first-order chi connectivity index (χ1) is 14.3. The molecule has 2 N–H and O–H groups in total. The van der Waals surface area contributed by atoms with Crippen molar-refractivity contribution in [2.24, 2.45) is 10.9 Å². The molecular weight excluding hydrogens is 368 g/mol. The van der Waals surface area contributed by atoms with E-state index in [0.717, 1.165) is 82.5 Å². The molecule has 0 unspecified atom stereocenters. The first kappa shape index (κ1) is 21.8. The molecule has 2 fully saturated rings. The number of hydrogen-bond acceptors (Lipinski definition) is 5. The molecular formula is C22H36N4O3. The van der Waals surface area contributed by atoms with E-state index in [2.05, 4.69) is 20.6 Å². The summed E-state index contributed by atoms with van der Waals surface area (Å²) < 4.78 is 17.2. The van der Waals surface area contributed by atoms with E-state index in [1.807, 2.05) is 18.3 Å². The van der Waals surface area contributed by atoms with E-state index < -0.39 is 0 Å². The zero-order chi connectivity index (χ0) is 20.2. The van der Waals surface area contributed by atoms with Gasteiger partial charge >= 0.3 is 0 Å². The summed E-state index contributed by atoms with van der Waals surface area (Å²) in [7, 11) is 1.79. The molecule has 0 aromatic carbocycles. The van der Waals surface area contributed by atoms with Gasteiger partial charge in [-0.15, -0.1) is 0 Å². The summed E-state index contributed by atoms with van der Waals surface area (Å²) in [6.45, 7) is 4.90. The first-order valence-corrected chi connectivity index (χ1v) is 11.0. The number of aromatic nitrogens is 1. The monoisotopic (exact) mass is 404 g/mol. The number of rotatable bonds is 10. The fraction of sp³-hybridized carbons (Fsp3) is 0.727. The van der Waals surface area contributed by atoms with E-state index in [0.29, 0.717) is 18.6 Å². The lowest BCUT2D eigenvalue weighted by Gasteiger charge is -2.21. The predicted octanol–water partition coefficient (Wildman–Crippen LogP) is 2.90. The average molecular weight is 405 g/mol. The fourth-order valence-corrected chi connectivity index (χ4v) is 3.75. The van der Waals surface area contributed by atoms with Crippen molar-refractivity contribution in [3.8, 4) is 5.88 Å². The summed E-state index contributed by atoms with van der Waals surface area (Å²) in [5.41, 5.74) is 1.13. The second-order valence-corrected chi connectivity index (χ2v) is 7.86. The van der Waals surface area contributed by atoms with Gasteiger partial charge in [-0.25, -0.2) is 4.98 Å². The molecule has 0 amide bonds. The highest BCUT2D eigenvalue weighted by Gasteiger charge is 2.17. The molecule has 1 aliphatic carbocycles. The molecule has 1 aliphatic heterocycles. The van der Waals surface area contributed by atoms with Crippen LogP contribution >= 0.6 is 0 Å². The summed E-state index contributed by atoms with van der Waals surface area (Å²) in [5, 5.41) is 6.69. The number of nitrogens with one attached hydrogen (secondary N) is 2. The van der Waals surface area contributed by atoms with Gasteiger partial charge in [-0.3, -0.25) is 4.99 Å². The van der Waals surface area contributed by atoms with Crippen LogP contribution in [-0.2, 0) is 16.0 Å². The van der Waals surface area contributed by atoms with Crippen LogP contribution in [-0.4, -0.2) is 57.1 Å². The number of guanidine groups is 1. The third-order valence-electron chi connectivity index (χ3n) is 5.52. The first-order valence-electron chi connectivity index (χ1n) is 11.0. The van der Waals surface area contributed by atoms with Crippen LogP contribution in [0.15, 0.2) is 23.3 Å². The zero-order valence-electron chi connectivity index (χ0n) is 17.7. The minimum atomic E-state index is 0.328. The molecule has 0 radical (unpaired) electrons. The van der Waals surface area contributed by atoms with Crippen LogP contribution in [0.5, 0.6) is 5.88 Å². The lowest BCUT2D eigenvalue weighted by molar-refractivity contribution is 0.0203. The molecule has 0 atom stereocenters. The van der Waals surface area contributed by atoms with Gasteiger partial charge in [-0.1, -0.05) is 0 Å². The lowest BCUT2D eigenvalue weighted by atomic mass is 10.0. The maximum Gasteiger partial charge on any atom is 0.213 e. The molecule has 2 aliphatic rings. The second kappa shape index (κ2) is 12.6. The minimum Gasteiger partial charge on any atom is -0.474 e. The Hall–Kier alpha value is -1.86. The maximum atomic E-state index is 5.99. The average Bonchev–Trinajstić information content (AvgIpc) is 3.27. The molecule has 0 spiro atoms. The number of pyridine rings is 1. The van der Waals surface area contributed by atoms with Crippen LogP contribution in [0.4, 0.5) is 0 Å². The summed E-state index contributed by atoms with van der Waals surface area (Å²) >= 11 is 0. The Morgan fingerprint density at radius 1 is 1.21 bits per heavy atom. The fourth-order valence-electron chi connectivity index (χ4n) is 3.75. The smallest absolute Gasteiger partial charge is 0.213 e. The highest BCUT2D eigenvalue weighted by atomic mass is 16.5. The van der Waals surface area contributed by atoms with Crippen molar-refractivity contribution in [1.82, 2.24) is 15.6 Å². The van der Waals surface area contributed by atoms with Crippen molar-refractivity contribution in [2.75, 3.05) is 40.0 Å². The largest absolute Gasteiger partial charge is 0.474 e. The van der Waals surface area contributed by atoms with Crippen LogP contribution in [0.3, 0.4) is 0 Å². The number of ether oxygens (including phenoxy) is 3. The molecule has 1 aromatic heterocycles. The third kappa shape index (κ3) is 8.19. The second-order valence-electron chi connectivity index (χ2n) is 7.86. The highest BCUT2D eigenvalue weighted by molar-refractivity contribution is 5.79. The SMILES string of the molecule is CN=C(NCCCOCC1CCOCC1)NCc1ccnc(OC2CCCC2)c1. The maximum absolute atomic E-state index is 5.99. The molecule has 29 heavy (non-hydrogen) atoms. The summed E-state index contributed by atoms with van der Waals surface area (Å²) in [4.78, 5) is 8.64. The number of aliphatic imine (C=N–C) groups is 1. The van der Waals surface area contributed by atoms with Crippen LogP contribution < -0.4 is 15.4 Å². The van der Waals surface area contributed by atoms with Gasteiger partial charge in [0.15, 0.2) is 5.96 Å². The van der Waals surface area contributed by atoms with E-state index in [4.69, 9.17) is 14.2 Å². The van der Waals surface area contributed by atoms with Crippen LogP contribution in [0.2, 0.25) is 0 Å². The van der Waals surface area contributed by atoms with Crippen molar-refractivity contribution < 1.29 is 14.2 Å². The van der Waals surface area contributed by atoms with Gasteiger partial charge < -0.3 is 24.8 Å². The lowest BCUT2D eigenvalue weighted by Crippen LogP contribution is -2.37. The third-order valence-corrected chi connectivity index (χ3v) is 5.52. The molecule has 2 heterocycles. The Morgan fingerprint density at radius 2 is 2.03 bits per heavy atom. The van der Waals surface area contributed by atoms with Gasteiger partial charge in [0, 0.05) is 58.8 Å². The van der Waals surface area contributed by atoms with Crippen LogP contribution in [0.1, 0.15) is 50.5 Å². The van der Waals surface area contributed by atoms with E-state index in [1.165, 1.54) is 12.8 Å². The summed E-state index contributed by atoms with van der Waals surface area (Å²) in [6, 6.07) is 4.02. The minimum absolute atomic E-state index is 0.328. The topological polar surface area (TPSA) is 77.0 Å². The van der Waals surface area contributed by atoms with Crippen molar-refractivity contribution in [1.29, 1.82) is 0 Å². The number of hydrogen-bond donors (Lipinski definition) is 2.